The summed E-state index contributed by atoms with van der Waals surface area (Å²) in [6, 6.07) is 16.8. The summed E-state index contributed by atoms with van der Waals surface area (Å²) < 4.78 is 5.70. The molecule has 24 heavy (non-hydrogen) atoms. The summed E-state index contributed by atoms with van der Waals surface area (Å²) >= 11 is 0. The molecule has 0 saturated heterocycles. The van der Waals surface area contributed by atoms with Crippen molar-refractivity contribution in [1.29, 1.82) is 0 Å². The number of fused-ring (bicyclic) bond motifs is 1. The standard InChI is InChI=1S/C19H18N2O3/c1-20-19(23)17-13-21(15-9-5-6-10-16(15)24-17)18(22)12-11-14-7-3-2-4-8-14/h2-12,17H,13H2,1H3,(H,20,23). The van der Waals surface area contributed by atoms with Crippen molar-refractivity contribution in [1.82, 2.24) is 5.32 Å². The third kappa shape index (κ3) is 3.30. The number of ether oxygens (including phenoxy) is 1. The van der Waals surface area contributed by atoms with E-state index in [9.17, 15) is 9.59 Å². The number of amides is 2. The molecular weight excluding hydrogens is 304 g/mol. The first-order valence-corrected chi connectivity index (χ1v) is 7.71. The Labute approximate surface area is 140 Å². The van der Waals surface area contributed by atoms with Crippen LogP contribution in [0, 0.1) is 0 Å². The van der Waals surface area contributed by atoms with Crippen LogP contribution in [-0.4, -0.2) is 31.5 Å². The topological polar surface area (TPSA) is 58.6 Å². The number of carbonyl (C=O) groups excluding carboxylic acids is 2. The average molecular weight is 322 g/mol. The number of benzene rings is 2. The maximum absolute atomic E-state index is 12.6. The van der Waals surface area contributed by atoms with Crippen LogP contribution in [0.25, 0.3) is 6.08 Å². The lowest BCUT2D eigenvalue weighted by Crippen LogP contribution is -2.49. The van der Waals surface area contributed by atoms with E-state index in [4.69, 9.17) is 4.74 Å². The van der Waals surface area contributed by atoms with Crippen LogP contribution in [0.15, 0.2) is 60.7 Å². The number of hydrogen-bond donors (Lipinski definition) is 1. The Morgan fingerprint density at radius 1 is 1.12 bits per heavy atom. The van der Waals surface area contributed by atoms with Gasteiger partial charge in [0.15, 0.2) is 6.10 Å². The van der Waals surface area contributed by atoms with E-state index in [2.05, 4.69) is 5.32 Å². The summed E-state index contributed by atoms with van der Waals surface area (Å²) in [5.41, 5.74) is 1.61. The highest BCUT2D eigenvalue weighted by molar-refractivity contribution is 6.05. The van der Waals surface area contributed by atoms with E-state index in [0.29, 0.717) is 11.4 Å². The van der Waals surface area contributed by atoms with Crippen molar-refractivity contribution in [3.8, 4) is 5.75 Å². The highest BCUT2D eigenvalue weighted by Crippen LogP contribution is 2.33. The van der Waals surface area contributed by atoms with Crippen LogP contribution in [0.3, 0.4) is 0 Å². The lowest BCUT2D eigenvalue weighted by Gasteiger charge is -2.33. The Bertz CT molecular complexity index is 771. The molecule has 0 aliphatic carbocycles. The summed E-state index contributed by atoms with van der Waals surface area (Å²) in [6.45, 7) is 0.175. The number of anilines is 1. The summed E-state index contributed by atoms with van der Waals surface area (Å²) in [4.78, 5) is 26.1. The molecule has 1 N–H and O–H groups in total. The molecule has 3 rings (SSSR count). The molecule has 0 bridgehead atoms. The average Bonchev–Trinajstić information content (AvgIpc) is 2.65. The van der Waals surface area contributed by atoms with Crippen molar-refractivity contribution >= 4 is 23.6 Å². The number of nitrogens with zero attached hydrogens (tertiary/aromatic N) is 1. The second kappa shape index (κ2) is 7.00. The molecule has 2 aromatic carbocycles. The molecule has 1 atom stereocenters. The van der Waals surface area contributed by atoms with Crippen LogP contribution in [0.4, 0.5) is 5.69 Å². The second-order valence-corrected chi connectivity index (χ2v) is 5.38. The molecule has 5 heteroatoms. The van der Waals surface area contributed by atoms with Gasteiger partial charge in [0.05, 0.1) is 12.2 Å². The van der Waals surface area contributed by atoms with E-state index in [1.807, 2.05) is 48.5 Å². The fraction of sp³-hybridized carbons (Fsp3) is 0.158. The monoisotopic (exact) mass is 322 g/mol. The van der Waals surface area contributed by atoms with Gasteiger partial charge in [0.25, 0.3) is 11.8 Å². The third-order valence-electron chi connectivity index (χ3n) is 3.80. The summed E-state index contributed by atoms with van der Waals surface area (Å²) in [7, 11) is 1.55. The molecule has 2 amide bonds. The molecule has 1 heterocycles. The predicted molar refractivity (Wildman–Crippen MR) is 92.8 cm³/mol. The fourth-order valence-electron chi connectivity index (χ4n) is 2.56. The van der Waals surface area contributed by atoms with Gasteiger partial charge in [-0.05, 0) is 23.8 Å². The minimum absolute atomic E-state index is 0.175. The third-order valence-corrected chi connectivity index (χ3v) is 3.80. The molecule has 1 aliphatic heterocycles. The SMILES string of the molecule is CNC(=O)C1CN(C(=O)C=Cc2ccccc2)c2ccccc2O1. The van der Waals surface area contributed by atoms with Gasteiger partial charge in [-0.3, -0.25) is 9.59 Å². The van der Waals surface area contributed by atoms with Crippen molar-refractivity contribution in [2.24, 2.45) is 0 Å². The van der Waals surface area contributed by atoms with Crippen LogP contribution >= 0.6 is 0 Å². The number of hydrogen-bond acceptors (Lipinski definition) is 3. The molecule has 122 valence electrons. The number of likely N-dealkylation sites (N-methyl/N-ethyl adjacent to an activating group) is 1. The number of rotatable bonds is 3. The Morgan fingerprint density at radius 2 is 1.83 bits per heavy atom. The van der Waals surface area contributed by atoms with Gasteiger partial charge in [0.2, 0.25) is 0 Å². The lowest BCUT2D eigenvalue weighted by molar-refractivity contribution is -0.127. The van der Waals surface area contributed by atoms with Gasteiger partial charge in [-0.2, -0.15) is 0 Å². The van der Waals surface area contributed by atoms with Crippen molar-refractivity contribution in [3.63, 3.8) is 0 Å². The zero-order chi connectivity index (χ0) is 16.9. The van der Waals surface area contributed by atoms with Crippen LogP contribution in [0.1, 0.15) is 5.56 Å². The van der Waals surface area contributed by atoms with Crippen LogP contribution in [-0.2, 0) is 9.59 Å². The van der Waals surface area contributed by atoms with Crippen molar-refractivity contribution in [2.75, 3.05) is 18.5 Å². The van der Waals surface area contributed by atoms with Crippen molar-refractivity contribution < 1.29 is 14.3 Å². The zero-order valence-corrected chi connectivity index (χ0v) is 13.3. The van der Waals surface area contributed by atoms with Crippen molar-refractivity contribution in [2.45, 2.75) is 6.10 Å². The van der Waals surface area contributed by atoms with Crippen LogP contribution in [0.2, 0.25) is 0 Å². The van der Waals surface area contributed by atoms with E-state index in [1.165, 1.54) is 6.08 Å². The molecule has 0 radical (unpaired) electrons. The van der Waals surface area contributed by atoms with Gasteiger partial charge in [0, 0.05) is 13.1 Å². The first-order valence-electron chi connectivity index (χ1n) is 7.71. The lowest BCUT2D eigenvalue weighted by atomic mass is 10.1. The van der Waals surface area contributed by atoms with E-state index in [-0.39, 0.29) is 18.4 Å². The van der Waals surface area contributed by atoms with E-state index >= 15 is 0 Å². The zero-order valence-electron chi connectivity index (χ0n) is 13.3. The fourth-order valence-corrected chi connectivity index (χ4v) is 2.56. The Balaban J connectivity index is 1.86. The van der Waals surface area contributed by atoms with Gasteiger partial charge in [0.1, 0.15) is 5.75 Å². The quantitative estimate of drug-likeness (QED) is 0.882. The number of nitrogens with one attached hydrogen (secondary N) is 1. The molecule has 1 aliphatic rings. The summed E-state index contributed by atoms with van der Waals surface area (Å²) in [5, 5.41) is 2.56. The van der Waals surface area contributed by atoms with Gasteiger partial charge in [-0.1, -0.05) is 42.5 Å². The summed E-state index contributed by atoms with van der Waals surface area (Å²) in [5.74, 6) is 0.0802. The largest absolute Gasteiger partial charge is 0.477 e. The highest BCUT2D eigenvalue weighted by atomic mass is 16.5. The first-order chi connectivity index (χ1) is 11.7. The first kappa shape index (κ1) is 15.8. The molecule has 1 unspecified atom stereocenters. The molecule has 0 fully saturated rings. The minimum Gasteiger partial charge on any atom is -0.477 e. The van der Waals surface area contributed by atoms with Crippen LogP contribution < -0.4 is 15.0 Å². The van der Waals surface area contributed by atoms with Crippen LogP contribution in [0.5, 0.6) is 5.75 Å². The molecule has 0 aromatic heterocycles. The summed E-state index contributed by atoms with van der Waals surface area (Å²) in [6.07, 6.45) is 2.55. The Kier molecular flexibility index (Phi) is 4.61. The van der Waals surface area contributed by atoms with Gasteiger partial charge in [-0.15, -0.1) is 0 Å². The minimum atomic E-state index is -0.723. The molecule has 5 nitrogen and oxygen atoms in total. The predicted octanol–water partition coefficient (Wildman–Crippen LogP) is 2.24. The number of carbonyl (C=O) groups is 2. The maximum Gasteiger partial charge on any atom is 0.262 e. The number of para-hydroxylation sites is 2. The van der Waals surface area contributed by atoms with E-state index in [1.54, 1.807) is 24.1 Å². The van der Waals surface area contributed by atoms with Gasteiger partial charge < -0.3 is 15.0 Å². The maximum atomic E-state index is 12.6. The highest BCUT2D eigenvalue weighted by Gasteiger charge is 2.32. The molecule has 2 aromatic rings. The second-order valence-electron chi connectivity index (χ2n) is 5.38. The smallest absolute Gasteiger partial charge is 0.262 e. The van der Waals surface area contributed by atoms with E-state index in [0.717, 1.165) is 5.56 Å². The molecule has 0 saturated carbocycles. The Morgan fingerprint density at radius 3 is 2.58 bits per heavy atom. The van der Waals surface area contributed by atoms with E-state index < -0.39 is 6.10 Å². The Hall–Kier alpha value is -3.08. The normalized spacial score (nSPS) is 16.4. The molecular formula is C19H18N2O3. The molecule has 0 spiro atoms. The van der Waals surface area contributed by atoms with Crippen molar-refractivity contribution in [3.05, 3.63) is 66.2 Å². The van der Waals surface area contributed by atoms with Gasteiger partial charge in [-0.25, -0.2) is 0 Å². The van der Waals surface area contributed by atoms with Gasteiger partial charge >= 0.3 is 0 Å².